The fraction of sp³-hybridized carbons (Fsp3) is 0.700. The number of ketones is 2. The van der Waals surface area contributed by atoms with E-state index in [0.29, 0.717) is 25.7 Å². The van der Waals surface area contributed by atoms with Crippen molar-refractivity contribution in [3.63, 3.8) is 0 Å². The predicted molar refractivity (Wildman–Crippen MR) is 99.7 cm³/mol. The summed E-state index contributed by atoms with van der Waals surface area (Å²) in [5.74, 6) is -4.38. The number of esters is 4. The molecule has 30 heavy (non-hydrogen) atoms. The van der Waals surface area contributed by atoms with Crippen molar-refractivity contribution in [2.45, 2.75) is 38.5 Å². The third-order valence-corrected chi connectivity index (χ3v) is 5.35. The van der Waals surface area contributed by atoms with Gasteiger partial charge in [-0.25, -0.2) is 0 Å². The van der Waals surface area contributed by atoms with Gasteiger partial charge in [0.25, 0.3) is 0 Å². The zero-order valence-corrected chi connectivity index (χ0v) is 17.6. The minimum atomic E-state index is -0.677. The molecule has 168 valence electrons. The molecule has 10 heteroatoms. The van der Waals surface area contributed by atoms with Crippen LogP contribution in [0.4, 0.5) is 0 Å². The zero-order valence-electron chi connectivity index (χ0n) is 17.6. The van der Waals surface area contributed by atoms with E-state index in [4.69, 9.17) is 0 Å². The summed E-state index contributed by atoms with van der Waals surface area (Å²) in [6.07, 6.45) is 1.54. The summed E-state index contributed by atoms with van der Waals surface area (Å²) in [6.45, 7) is 0. The van der Waals surface area contributed by atoms with Crippen molar-refractivity contribution in [2.75, 3.05) is 28.4 Å². The van der Waals surface area contributed by atoms with E-state index in [-0.39, 0.29) is 24.4 Å². The number of carbonyl (C=O) groups excluding carboxylic acids is 6. The van der Waals surface area contributed by atoms with Crippen molar-refractivity contribution in [1.29, 1.82) is 0 Å². The van der Waals surface area contributed by atoms with E-state index in [9.17, 15) is 28.8 Å². The van der Waals surface area contributed by atoms with E-state index < -0.39 is 47.5 Å². The first-order valence-electron chi connectivity index (χ1n) is 9.54. The molecule has 2 aliphatic rings. The molecule has 0 bridgehead atoms. The second kappa shape index (κ2) is 12.0. The largest absolute Gasteiger partial charge is 0.469 e. The SMILES string of the molecule is COC(=O)[C@@H]1CCC(=O)C[C@H]1C(=O)OC.COC(=O)[C@H]1CCC(=O)C[C@@H]1C(=O)OC. The molecule has 2 saturated carbocycles. The molecule has 2 aliphatic carbocycles. The molecule has 0 saturated heterocycles. The average Bonchev–Trinajstić information content (AvgIpc) is 2.77. The average molecular weight is 428 g/mol. The normalized spacial score (nSPS) is 25.9. The maximum Gasteiger partial charge on any atom is 0.309 e. The van der Waals surface area contributed by atoms with Crippen LogP contribution in [-0.2, 0) is 47.7 Å². The molecule has 0 aromatic carbocycles. The van der Waals surface area contributed by atoms with E-state index in [1.165, 1.54) is 28.4 Å². The molecule has 4 atom stereocenters. The van der Waals surface area contributed by atoms with Gasteiger partial charge < -0.3 is 18.9 Å². The third kappa shape index (κ3) is 6.64. The van der Waals surface area contributed by atoms with Crippen LogP contribution in [-0.4, -0.2) is 63.9 Å². The number of methoxy groups -OCH3 is 4. The molecule has 2 rings (SSSR count). The first-order valence-corrected chi connectivity index (χ1v) is 9.54. The van der Waals surface area contributed by atoms with Crippen LogP contribution in [0.1, 0.15) is 38.5 Å². The Kier molecular flexibility index (Phi) is 10.1. The zero-order chi connectivity index (χ0) is 22.8. The molecule has 0 N–H and O–H groups in total. The highest BCUT2D eigenvalue weighted by molar-refractivity contribution is 5.91. The highest BCUT2D eigenvalue weighted by Crippen LogP contribution is 2.30. The number of ether oxygens (including phenoxy) is 4. The molecule has 2 fully saturated rings. The van der Waals surface area contributed by atoms with Crippen molar-refractivity contribution in [1.82, 2.24) is 0 Å². The lowest BCUT2D eigenvalue weighted by Crippen LogP contribution is -2.37. The number of carbonyl (C=O) groups is 6. The van der Waals surface area contributed by atoms with E-state index in [1.54, 1.807) is 0 Å². The Bertz CT molecular complexity index is 625. The van der Waals surface area contributed by atoms with Crippen LogP contribution in [0, 0.1) is 23.7 Å². The van der Waals surface area contributed by atoms with Gasteiger partial charge in [0.05, 0.1) is 52.1 Å². The maximum atomic E-state index is 11.4. The Morgan fingerprint density at radius 2 is 0.833 bits per heavy atom. The summed E-state index contributed by atoms with van der Waals surface area (Å²) >= 11 is 0. The second-order valence-corrected chi connectivity index (χ2v) is 7.08. The van der Waals surface area contributed by atoms with Crippen molar-refractivity contribution in [3.8, 4) is 0 Å². The van der Waals surface area contributed by atoms with Gasteiger partial charge in [0.15, 0.2) is 0 Å². The lowest BCUT2D eigenvalue weighted by molar-refractivity contribution is -0.160. The fourth-order valence-corrected chi connectivity index (χ4v) is 3.68. The summed E-state index contributed by atoms with van der Waals surface area (Å²) in [6, 6.07) is 0. The first kappa shape index (κ1) is 25.3. The van der Waals surface area contributed by atoms with E-state index in [1.807, 2.05) is 0 Å². The van der Waals surface area contributed by atoms with Crippen LogP contribution in [0.2, 0.25) is 0 Å². The molecule has 0 aromatic rings. The van der Waals surface area contributed by atoms with Crippen LogP contribution in [0.25, 0.3) is 0 Å². The molecule has 0 heterocycles. The first-order chi connectivity index (χ1) is 14.2. The van der Waals surface area contributed by atoms with Gasteiger partial charge >= 0.3 is 23.9 Å². The summed E-state index contributed by atoms with van der Waals surface area (Å²) in [4.78, 5) is 67.8. The summed E-state index contributed by atoms with van der Waals surface area (Å²) < 4.78 is 18.3. The highest BCUT2D eigenvalue weighted by atomic mass is 16.5. The van der Waals surface area contributed by atoms with Gasteiger partial charge in [-0.05, 0) is 12.8 Å². The van der Waals surface area contributed by atoms with Crippen LogP contribution in [0.15, 0.2) is 0 Å². The van der Waals surface area contributed by atoms with Gasteiger partial charge in [-0.3, -0.25) is 28.8 Å². The minimum absolute atomic E-state index is 0.00875. The lowest BCUT2D eigenvalue weighted by Gasteiger charge is -2.26. The van der Waals surface area contributed by atoms with Crippen molar-refractivity contribution in [2.24, 2.45) is 23.7 Å². The Morgan fingerprint density at radius 1 is 0.567 bits per heavy atom. The Balaban J connectivity index is 0.000000300. The fourth-order valence-electron chi connectivity index (χ4n) is 3.68. The molecule has 0 aromatic heterocycles. The standard InChI is InChI=1S/2C10H14O5/c2*1-14-9(12)7-4-3-6(11)5-8(7)10(13)15-2/h2*7-8H,3-5H2,1-2H3/t2*7-,8-/m10/s1. The second-order valence-electron chi connectivity index (χ2n) is 7.08. The number of hydrogen-bond acceptors (Lipinski definition) is 10. The van der Waals surface area contributed by atoms with Gasteiger partial charge in [0.1, 0.15) is 11.6 Å². The minimum Gasteiger partial charge on any atom is -0.469 e. The summed E-state index contributed by atoms with van der Waals surface area (Å²) in [7, 11) is 5.03. The maximum absolute atomic E-state index is 11.4. The monoisotopic (exact) mass is 428 g/mol. The van der Waals surface area contributed by atoms with Crippen molar-refractivity contribution in [3.05, 3.63) is 0 Å². The van der Waals surface area contributed by atoms with Crippen LogP contribution in [0.5, 0.6) is 0 Å². The molecular formula is C20H28O10. The van der Waals surface area contributed by atoms with E-state index in [2.05, 4.69) is 18.9 Å². The van der Waals surface area contributed by atoms with E-state index in [0.717, 1.165) is 0 Å². The van der Waals surface area contributed by atoms with Crippen LogP contribution < -0.4 is 0 Å². The van der Waals surface area contributed by atoms with Gasteiger partial charge in [0.2, 0.25) is 0 Å². The third-order valence-electron chi connectivity index (χ3n) is 5.35. The van der Waals surface area contributed by atoms with Crippen molar-refractivity contribution < 1.29 is 47.7 Å². The molecule has 0 unspecified atom stereocenters. The van der Waals surface area contributed by atoms with Gasteiger partial charge in [-0.15, -0.1) is 0 Å². The van der Waals surface area contributed by atoms with E-state index >= 15 is 0 Å². The molecular weight excluding hydrogens is 400 g/mol. The molecule has 0 aliphatic heterocycles. The summed E-state index contributed by atoms with van der Waals surface area (Å²) in [5.41, 5.74) is 0. The Hall–Kier alpha value is -2.78. The Morgan fingerprint density at radius 3 is 1.10 bits per heavy atom. The molecule has 0 radical (unpaired) electrons. The van der Waals surface area contributed by atoms with Gasteiger partial charge in [0, 0.05) is 25.7 Å². The number of hydrogen-bond donors (Lipinski definition) is 0. The molecule has 0 spiro atoms. The summed E-state index contributed by atoms with van der Waals surface area (Å²) in [5, 5.41) is 0. The van der Waals surface area contributed by atoms with Crippen LogP contribution >= 0.6 is 0 Å². The van der Waals surface area contributed by atoms with Crippen LogP contribution in [0.3, 0.4) is 0 Å². The quantitative estimate of drug-likeness (QED) is 0.463. The number of Topliss-reactive ketones (excluding diaryl/α,β-unsaturated/α-hetero) is 2. The van der Waals surface area contributed by atoms with Gasteiger partial charge in [-0.2, -0.15) is 0 Å². The van der Waals surface area contributed by atoms with Gasteiger partial charge in [-0.1, -0.05) is 0 Å². The molecule has 0 amide bonds. The number of rotatable bonds is 4. The predicted octanol–water partition coefficient (Wildman–Crippen LogP) is 0.636. The smallest absolute Gasteiger partial charge is 0.309 e. The molecule has 10 nitrogen and oxygen atoms in total. The highest BCUT2D eigenvalue weighted by Gasteiger charge is 2.41. The van der Waals surface area contributed by atoms with Crippen molar-refractivity contribution >= 4 is 35.4 Å². The topological polar surface area (TPSA) is 139 Å². The lowest BCUT2D eigenvalue weighted by atomic mass is 9.78. The Labute approximate surface area is 174 Å².